The van der Waals surface area contributed by atoms with Gasteiger partial charge in [-0.25, -0.2) is 14.4 Å². The number of hydrogen-bond acceptors (Lipinski definition) is 6. The molecule has 1 N–H and O–H groups in total. The average Bonchev–Trinajstić information content (AvgIpc) is 3.05. The van der Waals surface area contributed by atoms with Gasteiger partial charge in [0.1, 0.15) is 16.5 Å². The number of nitrogens with one attached hydrogen (secondary N) is 1. The maximum Gasteiger partial charge on any atom is 0.273 e. The summed E-state index contributed by atoms with van der Waals surface area (Å²) >= 11 is 1.26. The molecule has 2 aromatic rings. The van der Waals surface area contributed by atoms with Crippen molar-refractivity contribution in [1.29, 1.82) is 0 Å². The fraction of sp³-hybridized carbons (Fsp3) is 0.250. The molecule has 1 aliphatic heterocycles. The van der Waals surface area contributed by atoms with Crippen LogP contribution in [-0.2, 0) is 9.59 Å². The highest BCUT2D eigenvalue weighted by atomic mass is 32.1. The third kappa shape index (κ3) is 3.82. The van der Waals surface area contributed by atoms with Crippen LogP contribution < -0.4 is 10.2 Å². The molecular weight excluding hydrogens is 345 g/mol. The van der Waals surface area contributed by atoms with Crippen LogP contribution in [0.5, 0.6) is 0 Å². The maximum absolute atomic E-state index is 13.3. The van der Waals surface area contributed by atoms with Gasteiger partial charge in [0.25, 0.3) is 5.91 Å². The van der Waals surface area contributed by atoms with Gasteiger partial charge in [-0.15, -0.1) is 0 Å². The summed E-state index contributed by atoms with van der Waals surface area (Å²) in [7, 11) is 3.31. The van der Waals surface area contributed by atoms with Crippen molar-refractivity contribution in [2.24, 2.45) is 5.10 Å². The molecule has 0 saturated carbocycles. The van der Waals surface area contributed by atoms with Crippen LogP contribution in [0.25, 0.3) is 0 Å². The highest BCUT2D eigenvalue weighted by molar-refractivity contribution is 7.19. The van der Waals surface area contributed by atoms with Crippen molar-refractivity contribution >= 4 is 44.7 Å². The lowest BCUT2D eigenvalue weighted by Gasteiger charge is -2.18. The Morgan fingerprint density at radius 2 is 2.20 bits per heavy atom. The first kappa shape index (κ1) is 17.0. The number of carbonyl (C=O) groups is 2. The summed E-state index contributed by atoms with van der Waals surface area (Å²) in [6.07, 6.45) is 2.16. The fourth-order valence-electron chi connectivity index (χ4n) is 2.29. The molecule has 1 aliphatic rings. The first-order chi connectivity index (χ1) is 11.9. The van der Waals surface area contributed by atoms with E-state index in [2.05, 4.69) is 15.4 Å². The van der Waals surface area contributed by atoms with Gasteiger partial charge >= 0.3 is 0 Å². The summed E-state index contributed by atoms with van der Waals surface area (Å²) in [6, 6.07) is 6.21. The van der Waals surface area contributed by atoms with Gasteiger partial charge < -0.3 is 4.90 Å². The van der Waals surface area contributed by atoms with Crippen LogP contribution in [0.2, 0.25) is 0 Å². The number of rotatable bonds is 4. The third-order valence-corrected chi connectivity index (χ3v) is 4.70. The summed E-state index contributed by atoms with van der Waals surface area (Å²) < 4.78 is 13.3. The van der Waals surface area contributed by atoms with Gasteiger partial charge in [0, 0.05) is 32.6 Å². The second-order valence-electron chi connectivity index (χ2n) is 5.46. The summed E-state index contributed by atoms with van der Waals surface area (Å²) in [5.41, 5.74) is 0.968. The Labute approximate surface area is 147 Å². The first-order valence-corrected chi connectivity index (χ1v) is 8.36. The van der Waals surface area contributed by atoms with Crippen molar-refractivity contribution in [3.05, 3.63) is 36.3 Å². The molecular formula is C16H16FN5O2S. The minimum atomic E-state index is -0.381. The van der Waals surface area contributed by atoms with Crippen molar-refractivity contribution in [2.75, 3.05) is 24.3 Å². The van der Waals surface area contributed by atoms with Crippen LogP contribution >= 0.6 is 11.3 Å². The number of aromatic nitrogens is 1. The van der Waals surface area contributed by atoms with Gasteiger partial charge in [0.2, 0.25) is 5.91 Å². The summed E-state index contributed by atoms with van der Waals surface area (Å²) in [5, 5.41) is 8.98. The molecule has 0 aliphatic carbocycles. The zero-order chi connectivity index (χ0) is 18.0. The number of nitrogens with zero attached hydrogens (tertiary/aromatic N) is 4. The van der Waals surface area contributed by atoms with Gasteiger partial charge in [-0.2, -0.15) is 5.10 Å². The lowest BCUT2D eigenvalue weighted by Crippen LogP contribution is -2.34. The van der Waals surface area contributed by atoms with Gasteiger partial charge in [-0.05, 0) is 18.2 Å². The monoisotopic (exact) mass is 361 g/mol. The largest absolute Gasteiger partial charge is 0.335 e. The van der Waals surface area contributed by atoms with E-state index < -0.39 is 0 Å². The molecule has 25 heavy (non-hydrogen) atoms. The van der Waals surface area contributed by atoms with E-state index >= 15 is 0 Å². The summed E-state index contributed by atoms with van der Waals surface area (Å²) in [5.74, 6) is -0.824. The Morgan fingerprint density at radius 1 is 1.40 bits per heavy atom. The SMILES string of the molecule is CN1N=C(C(=O)Nc2ncc(N(C)c3cccc(F)c3)s2)CCC1=O. The van der Waals surface area contributed by atoms with E-state index in [0.717, 1.165) is 5.00 Å². The Bertz CT molecular complexity index is 851. The Hall–Kier alpha value is -2.81. The predicted octanol–water partition coefficient (Wildman–Crippen LogP) is 2.60. The summed E-state index contributed by atoms with van der Waals surface area (Å²) in [4.78, 5) is 29.6. The minimum absolute atomic E-state index is 0.121. The molecule has 2 heterocycles. The lowest BCUT2D eigenvalue weighted by molar-refractivity contribution is -0.130. The molecule has 0 radical (unpaired) electrons. The van der Waals surface area contributed by atoms with Crippen LogP contribution in [-0.4, -0.2) is 41.6 Å². The number of anilines is 3. The standard InChI is InChI=1S/C16H16FN5O2S/c1-21(11-5-3-4-10(17)8-11)14-9-18-16(25-14)19-15(24)12-6-7-13(23)22(2)20-12/h3-5,8-9H,6-7H2,1-2H3,(H,18,19,24). The third-order valence-electron chi connectivity index (χ3n) is 3.71. The molecule has 0 saturated heterocycles. The number of hydrogen-bond donors (Lipinski definition) is 1. The topological polar surface area (TPSA) is 77.9 Å². The molecule has 0 atom stereocenters. The van der Waals surface area contributed by atoms with Gasteiger partial charge in [0.15, 0.2) is 5.13 Å². The molecule has 130 valence electrons. The second-order valence-corrected chi connectivity index (χ2v) is 6.47. The van der Waals surface area contributed by atoms with E-state index in [1.54, 1.807) is 30.3 Å². The van der Waals surface area contributed by atoms with E-state index in [0.29, 0.717) is 17.2 Å². The lowest BCUT2D eigenvalue weighted by atomic mass is 10.1. The summed E-state index contributed by atoms with van der Waals surface area (Å²) in [6.45, 7) is 0. The van der Waals surface area contributed by atoms with Gasteiger partial charge in [-0.1, -0.05) is 17.4 Å². The Morgan fingerprint density at radius 3 is 2.92 bits per heavy atom. The molecule has 2 amide bonds. The smallest absolute Gasteiger partial charge is 0.273 e. The molecule has 1 aromatic carbocycles. The van der Waals surface area contributed by atoms with Crippen LogP contribution in [0.1, 0.15) is 12.8 Å². The molecule has 1 aromatic heterocycles. The minimum Gasteiger partial charge on any atom is -0.335 e. The van der Waals surface area contributed by atoms with Crippen molar-refractivity contribution in [1.82, 2.24) is 9.99 Å². The number of carbonyl (C=O) groups excluding carboxylic acids is 2. The molecule has 7 nitrogen and oxygen atoms in total. The van der Waals surface area contributed by atoms with E-state index in [4.69, 9.17) is 0 Å². The number of thiazole rings is 1. The van der Waals surface area contributed by atoms with E-state index in [-0.39, 0.29) is 29.8 Å². The van der Waals surface area contributed by atoms with E-state index in [1.165, 1.54) is 35.5 Å². The molecule has 9 heteroatoms. The Kier molecular flexibility index (Phi) is 4.75. The van der Waals surface area contributed by atoms with Crippen molar-refractivity contribution in [2.45, 2.75) is 12.8 Å². The quantitative estimate of drug-likeness (QED) is 0.908. The number of halogens is 1. The van der Waals surface area contributed by atoms with Crippen molar-refractivity contribution in [3.63, 3.8) is 0 Å². The molecule has 0 bridgehead atoms. The number of benzene rings is 1. The van der Waals surface area contributed by atoms with Crippen molar-refractivity contribution in [3.8, 4) is 0 Å². The van der Waals surface area contributed by atoms with Gasteiger partial charge in [-0.3, -0.25) is 14.9 Å². The maximum atomic E-state index is 13.3. The molecule has 0 unspecified atom stereocenters. The highest BCUT2D eigenvalue weighted by Crippen LogP contribution is 2.31. The average molecular weight is 361 g/mol. The number of hydrazone groups is 1. The normalized spacial score (nSPS) is 14.3. The van der Waals surface area contributed by atoms with Gasteiger partial charge in [0.05, 0.1) is 6.20 Å². The Balaban J connectivity index is 1.70. The first-order valence-electron chi connectivity index (χ1n) is 7.54. The van der Waals surface area contributed by atoms with Crippen molar-refractivity contribution < 1.29 is 14.0 Å². The highest BCUT2D eigenvalue weighted by Gasteiger charge is 2.22. The fourth-order valence-corrected chi connectivity index (χ4v) is 3.09. The molecule has 3 rings (SSSR count). The van der Waals surface area contributed by atoms with E-state index in [9.17, 15) is 14.0 Å². The number of amides is 2. The predicted molar refractivity (Wildman–Crippen MR) is 94.6 cm³/mol. The molecule has 0 spiro atoms. The second kappa shape index (κ2) is 6.98. The van der Waals surface area contributed by atoms with Crippen LogP contribution in [0.4, 0.5) is 20.2 Å². The van der Waals surface area contributed by atoms with E-state index in [1.807, 2.05) is 0 Å². The van der Waals surface area contributed by atoms with Crippen LogP contribution in [0.3, 0.4) is 0 Å². The zero-order valence-corrected chi connectivity index (χ0v) is 14.5. The molecule has 0 fully saturated rings. The zero-order valence-electron chi connectivity index (χ0n) is 13.7. The van der Waals surface area contributed by atoms with Crippen LogP contribution in [0, 0.1) is 5.82 Å². The van der Waals surface area contributed by atoms with Crippen LogP contribution in [0.15, 0.2) is 35.6 Å².